The smallest absolute Gasteiger partial charge is 0.299 e. The van der Waals surface area contributed by atoms with Crippen LogP contribution in [-0.4, -0.2) is 10.2 Å². The summed E-state index contributed by atoms with van der Waals surface area (Å²) in [7, 11) is 0. The topological polar surface area (TPSA) is 61.0 Å². The minimum absolute atomic E-state index is 0.544. The van der Waals surface area contributed by atoms with Gasteiger partial charge in [0.2, 0.25) is 0 Å². The van der Waals surface area contributed by atoms with Gasteiger partial charge < -0.3 is 10.5 Å². The summed E-state index contributed by atoms with van der Waals surface area (Å²) in [5.41, 5.74) is 6.68. The molecule has 0 amide bonds. The predicted molar refractivity (Wildman–Crippen MR) is 73.1 cm³/mol. The van der Waals surface area contributed by atoms with Gasteiger partial charge >= 0.3 is 0 Å². The fourth-order valence-corrected chi connectivity index (χ4v) is 2.34. The van der Waals surface area contributed by atoms with Crippen LogP contribution in [0, 0.1) is 6.92 Å². The Morgan fingerprint density at radius 3 is 2.56 bits per heavy atom. The van der Waals surface area contributed by atoms with Crippen molar-refractivity contribution in [3.05, 3.63) is 41.4 Å². The first-order chi connectivity index (χ1) is 8.74. The molecule has 2 aromatic carbocycles. The Morgan fingerprint density at radius 2 is 1.83 bits per heavy atom. The van der Waals surface area contributed by atoms with Crippen molar-refractivity contribution in [1.29, 1.82) is 0 Å². The van der Waals surface area contributed by atoms with Crippen LogP contribution in [-0.2, 0) is 0 Å². The minimum Gasteiger partial charge on any atom is -0.429 e. The van der Waals surface area contributed by atoms with Crippen LogP contribution in [0.4, 0.5) is 5.69 Å². The third-order valence-corrected chi connectivity index (χ3v) is 3.34. The summed E-state index contributed by atoms with van der Waals surface area (Å²) < 4.78 is 5.76. The highest BCUT2D eigenvalue weighted by Gasteiger charge is 2.08. The zero-order chi connectivity index (χ0) is 12.5. The lowest BCUT2D eigenvalue weighted by Crippen LogP contribution is -1.90. The highest BCUT2D eigenvalue weighted by atomic mass is 32.1. The second-order valence-electron chi connectivity index (χ2n) is 3.89. The Labute approximate surface area is 108 Å². The van der Waals surface area contributed by atoms with Gasteiger partial charge in [0.1, 0.15) is 10.8 Å². The van der Waals surface area contributed by atoms with Gasteiger partial charge in [-0.15, -0.1) is 5.10 Å². The monoisotopic (exact) mass is 257 g/mol. The molecule has 0 radical (unpaired) electrons. The standard InChI is InChI=1S/C13H11N3OS/c1-8-15-16-13(18-8)17-12-7-6-11(14)9-4-2-3-5-10(9)12/h2-7H,14H2,1H3. The van der Waals surface area contributed by atoms with E-state index < -0.39 is 0 Å². The lowest BCUT2D eigenvalue weighted by atomic mass is 10.1. The average Bonchev–Trinajstić information content (AvgIpc) is 2.79. The van der Waals surface area contributed by atoms with Gasteiger partial charge in [-0.25, -0.2) is 0 Å². The average molecular weight is 257 g/mol. The number of nitrogens with two attached hydrogens (primary N) is 1. The zero-order valence-corrected chi connectivity index (χ0v) is 10.6. The number of fused-ring (bicyclic) bond motifs is 1. The molecule has 0 saturated heterocycles. The molecule has 1 aromatic heterocycles. The number of ether oxygens (including phenoxy) is 1. The van der Waals surface area contributed by atoms with E-state index in [4.69, 9.17) is 10.5 Å². The fraction of sp³-hybridized carbons (Fsp3) is 0.0769. The minimum atomic E-state index is 0.544. The molecule has 0 fully saturated rings. The van der Waals surface area contributed by atoms with Crippen LogP contribution in [0.15, 0.2) is 36.4 Å². The summed E-state index contributed by atoms with van der Waals surface area (Å²) >= 11 is 1.42. The van der Waals surface area contributed by atoms with E-state index >= 15 is 0 Å². The van der Waals surface area contributed by atoms with Gasteiger partial charge in [0, 0.05) is 16.5 Å². The number of aryl methyl sites for hydroxylation is 1. The molecule has 0 spiro atoms. The maximum absolute atomic E-state index is 5.94. The molecule has 0 aliphatic carbocycles. The van der Waals surface area contributed by atoms with E-state index in [-0.39, 0.29) is 0 Å². The van der Waals surface area contributed by atoms with Crippen molar-refractivity contribution in [2.75, 3.05) is 5.73 Å². The van der Waals surface area contributed by atoms with E-state index in [1.165, 1.54) is 11.3 Å². The molecule has 0 unspecified atom stereocenters. The largest absolute Gasteiger partial charge is 0.429 e. The number of nitrogens with zero attached hydrogens (tertiary/aromatic N) is 2. The van der Waals surface area contributed by atoms with Crippen LogP contribution in [0.1, 0.15) is 5.01 Å². The Morgan fingerprint density at radius 1 is 1.06 bits per heavy atom. The van der Waals surface area contributed by atoms with Crippen molar-refractivity contribution >= 4 is 27.8 Å². The molecule has 0 atom stereocenters. The molecule has 0 saturated carbocycles. The molecular weight excluding hydrogens is 246 g/mol. The van der Waals surface area contributed by atoms with Crippen LogP contribution in [0.2, 0.25) is 0 Å². The van der Waals surface area contributed by atoms with Crippen LogP contribution in [0.25, 0.3) is 10.8 Å². The summed E-state index contributed by atoms with van der Waals surface area (Å²) in [5, 5.41) is 11.3. The summed E-state index contributed by atoms with van der Waals surface area (Å²) in [4.78, 5) is 0. The fourth-order valence-electron chi connectivity index (χ4n) is 1.80. The van der Waals surface area contributed by atoms with Crippen molar-refractivity contribution in [3.63, 3.8) is 0 Å². The lowest BCUT2D eigenvalue weighted by molar-refractivity contribution is 0.478. The van der Waals surface area contributed by atoms with Crippen molar-refractivity contribution < 1.29 is 4.74 Å². The van der Waals surface area contributed by atoms with Crippen LogP contribution >= 0.6 is 11.3 Å². The molecule has 2 N–H and O–H groups in total. The van der Waals surface area contributed by atoms with E-state index in [0.717, 1.165) is 27.2 Å². The van der Waals surface area contributed by atoms with Crippen LogP contribution in [0.3, 0.4) is 0 Å². The highest BCUT2D eigenvalue weighted by molar-refractivity contribution is 7.13. The summed E-state index contributed by atoms with van der Waals surface area (Å²) in [5.74, 6) is 0.746. The number of rotatable bonds is 2. The molecule has 4 nitrogen and oxygen atoms in total. The van der Waals surface area contributed by atoms with E-state index in [9.17, 15) is 0 Å². The first-order valence-corrected chi connectivity index (χ1v) is 6.31. The van der Waals surface area contributed by atoms with E-state index in [0.29, 0.717) is 5.19 Å². The first kappa shape index (κ1) is 11.0. The summed E-state index contributed by atoms with van der Waals surface area (Å²) in [6.07, 6.45) is 0. The van der Waals surface area contributed by atoms with Gasteiger partial charge in [-0.2, -0.15) is 0 Å². The normalized spacial score (nSPS) is 10.7. The number of aromatic nitrogens is 2. The third kappa shape index (κ3) is 1.89. The molecule has 3 rings (SSSR count). The Hall–Kier alpha value is -2.14. The zero-order valence-electron chi connectivity index (χ0n) is 9.75. The molecule has 18 heavy (non-hydrogen) atoms. The number of anilines is 1. The Kier molecular flexibility index (Phi) is 2.60. The molecule has 0 aliphatic rings. The molecule has 90 valence electrons. The lowest BCUT2D eigenvalue weighted by Gasteiger charge is -2.07. The van der Waals surface area contributed by atoms with Crippen molar-refractivity contribution in [2.24, 2.45) is 0 Å². The van der Waals surface area contributed by atoms with Crippen molar-refractivity contribution in [1.82, 2.24) is 10.2 Å². The quantitative estimate of drug-likeness (QED) is 0.715. The van der Waals surface area contributed by atoms with Crippen LogP contribution < -0.4 is 10.5 Å². The third-order valence-electron chi connectivity index (χ3n) is 2.62. The van der Waals surface area contributed by atoms with Gasteiger partial charge in [-0.3, -0.25) is 0 Å². The molecule has 0 aliphatic heterocycles. The van der Waals surface area contributed by atoms with E-state index in [1.807, 2.05) is 43.3 Å². The number of hydrogen-bond donors (Lipinski definition) is 1. The van der Waals surface area contributed by atoms with Gasteiger partial charge in [0.25, 0.3) is 5.19 Å². The first-order valence-electron chi connectivity index (χ1n) is 5.49. The van der Waals surface area contributed by atoms with Crippen molar-refractivity contribution in [2.45, 2.75) is 6.92 Å². The van der Waals surface area contributed by atoms with Crippen LogP contribution in [0.5, 0.6) is 10.9 Å². The molecule has 3 aromatic rings. The number of benzene rings is 2. The maximum atomic E-state index is 5.94. The Balaban J connectivity index is 2.09. The Bertz CT molecular complexity index is 708. The van der Waals surface area contributed by atoms with E-state index in [2.05, 4.69) is 10.2 Å². The van der Waals surface area contributed by atoms with Crippen molar-refractivity contribution in [3.8, 4) is 10.9 Å². The van der Waals surface area contributed by atoms with Gasteiger partial charge in [-0.1, -0.05) is 40.7 Å². The molecular formula is C13H11N3OS. The van der Waals surface area contributed by atoms with Gasteiger partial charge in [-0.05, 0) is 19.1 Å². The van der Waals surface area contributed by atoms with Gasteiger partial charge in [0.05, 0.1) is 0 Å². The second kappa shape index (κ2) is 4.27. The SMILES string of the molecule is Cc1nnc(Oc2ccc(N)c3ccccc23)s1. The predicted octanol–water partition coefficient (Wildman–Crippen LogP) is 3.37. The number of nitrogen functional groups attached to an aromatic ring is 1. The number of hydrogen-bond acceptors (Lipinski definition) is 5. The maximum Gasteiger partial charge on any atom is 0.299 e. The van der Waals surface area contributed by atoms with E-state index in [1.54, 1.807) is 0 Å². The van der Waals surface area contributed by atoms with Gasteiger partial charge in [0.15, 0.2) is 0 Å². The molecule has 5 heteroatoms. The second-order valence-corrected chi connectivity index (χ2v) is 5.03. The summed E-state index contributed by atoms with van der Waals surface area (Å²) in [6.45, 7) is 1.89. The molecule has 1 heterocycles. The highest BCUT2D eigenvalue weighted by Crippen LogP contribution is 2.33. The summed E-state index contributed by atoms with van der Waals surface area (Å²) in [6, 6.07) is 11.6. The molecule has 0 bridgehead atoms.